The van der Waals surface area contributed by atoms with E-state index in [0.717, 1.165) is 95.3 Å². The standard InChI is InChI=1S/C31H35N2OS.C30H32N2O2.C30H32N2OS.C13H18N.C11H13N.C2H5I.6CH4.7HI/c1-8-32-24-16-12-10-14-22(24)30(3,4)26(32)18-20-28(34)21(29(20)35-7)19-27-31(5,6)23-15-11-13-17-25(23)33(27)9-2;2*1-7-31-23-15-11-9-13-21(23)29(3,4)25(31)17-19-27(33)20(28(19)34)18-26-30(5,6)22-14-10-12-16-24(22)32(26)8-2;1-5-14-10(2)13(3,4)11-8-6-7-9-12(11)14;1-8-11(2,3)9-6-4-5-7-10(9)12-8;1-2-3;;;;;;;;;;;;;/h10-19H,8-9H2,1-7H3;2*9-18H,7-8H2,1-6H3;6-9H,5H2,1-4H3;4-7H,1-3H3;2H2,1H3;6*1H4;7*1H/q+1;;;+1;;;;;;;;;;;;;;;/p+2. The molecule has 8 aromatic carbocycles. The molecule has 0 saturated heterocycles. The number of aliphatic hydroxyl groups excluding tert-OH is 1. The predicted molar refractivity (Wildman–Crippen MR) is 718 cm³/mol. The molecule has 145 heavy (non-hydrogen) atoms. The third-order valence-corrected chi connectivity index (χ3v) is 31.2. The van der Waals surface area contributed by atoms with E-state index in [1.165, 1.54) is 112 Å². The molecule has 0 saturated carbocycles. The summed E-state index contributed by atoms with van der Waals surface area (Å²) in [5, 5.41) is 11.0. The summed E-state index contributed by atoms with van der Waals surface area (Å²) in [6.45, 7) is 63.4. The molecule has 788 valence electrons. The zero-order valence-corrected chi connectivity index (χ0v) is 106. The van der Waals surface area contributed by atoms with Crippen molar-refractivity contribution in [1.29, 1.82) is 0 Å². The van der Waals surface area contributed by atoms with Crippen LogP contribution in [0, 0.1) is 0 Å². The maximum absolute atomic E-state index is 13.6. The number of allylic oxidation sites excluding steroid dienone is 15. The number of fused-ring (bicyclic) bond motifs is 8. The second-order valence-electron chi connectivity index (χ2n) is 39.8. The molecule has 0 aromatic heterocycles. The first-order valence-corrected chi connectivity index (χ1v) is 50.7. The molecule has 1 N–H and O–H groups in total. The number of carbonyl (C=O) groups is 3. The summed E-state index contributed by atoms with van der Waals surface area (Å²) >= 11 is 8.80. The van der Waals surface area contributed by atoms with Gasteiger partial charge in [0, 0.05) is 185 Å². The Hall–Kier alpha value is -5.48. The Morgan fingerprint density at radius 1 is 0.338 bits per heavy atom. The summed E-state index contributed by atoms with van der Waals surface area (Å²) in [4.78, 5) is 53.7. The monoisotopic (exact) mass is 2900 g/mol. The molecule has 8 heterocycles. The van der Waals surface area contributed by atoms with E-state index in [2.05, 4.69) is 447 Å². The molecule has 0 spiro atoms. The fourth-order valence-electron chi connectivity index (χ4n) is 21.8. The number of aliphatic hydroxyl groups is 1. The van der Waals surface area contributed by atoms with E-state index in [4.69, 9.17) is 12.6 Å². The number of thiol groups is 1. The lowest BCUT2D eigenvalue weighted by molar-refractivity contribution is -0.434. The summed E-state index contributed by atoms with van der Waals surface area (Å²) in [7, 11) is 0. The van der Waals surface area contributed by atoms with Gasteiger partial charge in [0.25, 0.3) is 0 Å². The van der Waals surface area contributed by atoms with E-state index in [9.17, 15) is 19.5 Å². The molecule has 12 nitrogen and oxygen atoms in total. The largest absolute Gasteiger partial charge is 0.506 e. The van der Waals surface area contributed by atoms with Gasteiger partial charge in [0.05, 0.1) is 38.5 Å². The first-order chi connectivity index (χ1) is 62.6. The maximum atomic E-state index is 13.6. The fourth-order valence-corrected chi connectivity index (χ4v) is 22.9. The van der Waals surface area contributed by atoms with Crippen molar-refractivity contribution in [2.24, 2.45) is 4.99 Å². The Balaban J connectivity index is 0.000000918. The highest BCUT2D eigenvalue weighted by atomic mass is 127. The lowest BCUT2D eigenvalue weighted by Gasteiger charge is -2.29. The van der Waals surface area contributed by atoms with Gasteiger partial charge in [-0.3, -0.25) is 19.4 Å². The van der Waals surface area contributed by atoms with Crippen LogP contribution in [0.2, 0.25) is 0 Å². The Morgan fingerprint density at radius 2 is 0.600 bits per heavy atom. The number of carbonyl (C=O) groups excluding carboxylic acids is 3. The van der Waals surface area contributed by atoms with Crippen molar-refractivity contribution in [3.63, 3.8) is 0 Å². The van der Waals surface area contributed by atoms with E-state index in [1.54, 1.807) is 11.8 Å². The highest BCUT2D eigenvalue weighted by Crippen LogP contribution is 2.55. The average molecular weight is 2900 g/mol. The summed E-state index contributed by atoms with van der Waals surface area (Å²) in [6.07, 6.45) is 14.3. The van der Waals surface area contributed by atoms with Crippen molar-refractivity contribution < 1.29 is 37.8 Å². The van der Waals surface area contributed by atoms with Crippen molar-refractivity contribution in [2.75, 3.05) is 71.2 Å². The SMILES string of the molecule is C.C.C.C.C.C.CC1=Nc2ccccc2C1(C)C.CCI.CCN1C(=CC2=C(O)C(=CC3=[N+](CC)c4ccccc4C3(C)C)C2=O)C(C)(C)c2ccccc21.CCN1C(=CC2=C(S)C(=CC3=[N+](CC)c4ccccc4C3(C)C)C2=O)C(C)(C)c2ccccc21.CCN1C(=CC2=C(SC)C(=CC3=[N+](CC)c4ccccc4C3(C)C)C2=O)C(C)(C)c2ccccc21.CC[N+]1=C(C)C(C)(C)c2ccccc21.I.I.I.I.I.I.I. The van der Waals surface area contributed by atoms with Gasteiger partial charge in [-0.1, -0.05) is 275 Å². The second kappa shape index (κ2) is 54.4. The van der Waals surface area contributed by atoms with Crippen molar-refractivity contribution in [3.8, 4) is 0 Å². The van der Waals surface area contributed by atoms with Crippen LogP contribution in [-0.2, 0) is 57.7 Å². The number of anilines is 3. The zero-order valence-electron chi connectivity index (χ0n) is 85.9. The molecular formula is C123H168I8N8O4S2+4. The maximum Gasteiger partial charge on any atom is 0.209 e. The van der Waals surface area contributed by atoms with Crippen molar-refractivity contribution >= 4 is 306 Å². The number of nitrogens with zero attached hydrogens (tertiary/aromatic N) is 8. The quantitative estimate of drug-likeness (QED) is 0.0365. The Bertz CT molecular complexity index is 6380. The van der Waals surface area contributed by atoms with Gasteiger partial charge in [0.15, 0.2) is 34.4 Å². The number of aliphatic imine (C=N–C) groups is 1. The molecule has 8 aromatic rings. The number of ketones is 3. The topological polar surface area (TPSA) is 106 Å². The highest BCUT2D eigenvalue weighted by Gasteiger charge is 2.52. The van der Waals surface area contributed by atoms with Crippen molar-refractivity contribution in [3.05, 3.63) is 341 Å². The normalized spacial score (nSPS) is 19.4. The molecular weight excluding hydrogens is 2730 g/mol. The van der Waals surface area contributed by atoms with E-state index >= 15 is 0 Å². The number of halogens is 8. The minimum absolute atomic E-state index is 0. The number of benzene rings is 8. The van der Waals surface area contributed by atoms with Crippen LogP contribution >= 0.6 is 215 Å². The van der Waals surface area contributed by atoms with Gasteiger partial charge in [0.2, 0.25) is 28.5 Å². The Morgan fingerprint density at radius 3 is 0.910 bits per heavy atom. The molecule has 11 aliphatic rings. The van der Waals surface area contributed by atoms with Crippen LogP contribution in [0.5, 0.6) is 0 Å². The smallest absolute Gasteiger partial charge is 0.209 e. The van der Waals surface area contributed by atoms with Crippen LogP contribution in [0.25, 0.3) is 0 Å². The molecule has 22 heteroatoms. The third-order valence-electron chi connectivity index (χ3n) is 29.8. The van der Waals surface area contributed by atoms with Crippen molar-refractivity contribution in [2.45, 2.75) is 268 Å². The number of rotatable bonds is 14. The molecule has 0 amide bonds. The van der Waals surface area contributed by atoms with Gasteiger partial charge in [-0.15, -0.1) is 192 Å². The van der Waals surface area contributed by atoms with E-state index in [1.807, 2.05) is 30.4 Å². The van der Waals surface area contributed by atoms with Gasteiger partial charge in [-0.05, 0) is 186 Å². The van der Waals surface area contributed by atoms with Crippen LogP contribution in [0.4, 0.5) is 45.5 Å². The molecule has 19 rings (SSSR count). The molecule has 0 atom stereocenters. The lowest BCUT2D eigenvalue weighted by atomic mass is 9.77. The van der Waals surface area contributed by atoms with Gasteiger partial charge in [0.1, 0.15) is 31.9 Å². The molecule has 0 fully saturated rings. The molecule has 0 bridgehead atoms. The summed E-state index contributed by atoms with van der Waals surface area (Å²) in [5.41, 5.74) is 32.9. The Labute approximate surface area is 1020 Å². The van der Waals surface area contributed by atoms with Crippen LogP contribution in [0.3, 0.4) is 0 Å². The van der Waals surface area contributed by atoms with Gasteiger partial charge >= 0.3 is 0 Å². The molecule has 0 unspecified atom stereocenters. The number of likely N-dealkylation sites (N-methyl/N-ethyl adjacent to an activating group) is 3. The minimum atomic E-state index is -0.248. The number of Topliss-reactive ketones (excluding diaryl/α,β-unsaturated/α-hetero) is 3. The van der Waals surface area contributed by atoms with Crippen molar-refractivity contribution in [1.82, 2.24) is 0 Å². The number of hydrogen-bond donors (Lipinski definition) is 2. The molecule has 8 aliphatic heterocycles. The van der Waals surface area contributed by atoms with E-state index < -0.39 is 0 Å². The van der Waals surface area contributed by atoms with Crippen LogP contribution in [0.15, 0.2) is 302 Å². The minimum Gasteiger partial charge on any atom is -0.506 e. The number of alkyl halides is 1. The number of thioether (sulfide) groups is 1. The third kappa shape index (κ3) is 24.2. The second-order valence-corrected chi connectivity index (χ2v) is 42.6. The highest BCUT2D eigenvalue weighted by molar-refractivity contribution is 14.1. The first-order valence-electron chi connectivity index (χ1n) is 47.5. The average Bonchev–Trinajstić information content (AvgIpc) is 1.58. The summed E-state index contributed by atoms with van der Waals surface area (Å²) < 4.78 is 10.6. The lowest BCUT2D eigenvalue weighted by Crippen LogP contribution is -2.32. The van der Waals surface area contributed by atoms with Gasteiger partial charge in [-0.25, -0.2) is 0 Å². The first kappa shape index (κ1) is 138. The van der Waals surface area contributed by atoms with Crippen LogP contribution < -0.4 is 14.7 Å². The van der Waals surface area contributed by atoms with E-state index in [0.29, 0.717) is 22.3 Å². The summed E-state index contributed by atoms with van der Waals surface area (Å²) in [6, 6.07) is 68.1. The van der Waals surface area contributed by atoms with Crippen LogP contribution in [0.1, 0.15) is 269 Å². The number of para-hydroxylation sites is 8. The summed E-state index contributed by atoms with van der Waals surface area (Å²) in [5.74, 6) is 0.231. The van der Waals surface area contributed by atoms with Gasteiger partial charge in [-0.2, -0.15) is 18.3 Å². The fraction of sp³-hybridized carbons (Fsp3) is 0.398. The molecule has 3 aliphatic carbocycles. The zero-order chi connectivity index (χ0) is 95.8. The Kier molecular flexibility index (Phi) is 51.6. The van der Waals surface area contributed by atoms with Crippen LogP contribution in [-0.4, -0.2) is 126 Å². The molecule has 0 radical (unpaired) electrons. The van der Waals surface area contributed by atoms with Gasteiger partial charge < -0.3 is 19.8 Å². The number of hydrogen-bond acceptors (Lipinski definition) is 10. The predicted octanol–water partition coefficient (Wildman–Crippen LogP) is 35.3. The van der Waals surface area contributed by atoms with E-state index in [-0.39, 0.29) is 279 Å².